The van der Waals surface area contributed by atoms with Crippen LogP contribution in [-0.4, -0.2) is 18.9 Å². The van der Waals surface area contributed by atoms with Crippen LogP contribution in [0, 0.1) is 5.82 Å². The van der Waals surface area contributed by atoms with Crippen LogP contribution >= 0.6 is 0 Å². The highest BCUT2D eigenvalue weighted by atomic mass is 19.1. The molecule has 0 saturated carbocycles. The van der Waals surface area contributed by atoms with Crippen LogP contribution in [0.5, 0.6) is 0 Å². The van der Waals surface area contributed by atoms with E-state index in [1.54, 1.807) is 31.3 Å². The Labute approximate surface area is 122 Å². The van der Waals surface area contributed by atoms with Gasteiger partial charge < -0.3 is 10.6 Å². The Hall–Kier alpha value is -2.69. The van der Waals surface area contributed by atoms with E-state index in [1.165, 1.54) is 18.2 Å². The normalized spacial score (nSPS) is 10.0. The lowest BCUT2D eigenvalue weighted by Crippen LogP contribution is -2.21. The average molecular weight is 286 g/mol. The molecule has 21 heavy (non-hydrogen) atoms. The molecule has 2 aromatic rings. The van der Waals surface area contributed by atoms with Crippen LogP contribution in [0.15, 0.2) is 48.5 Å². The quantitative estimate of drug-likeness (QED) is 0.906. The smallest absolute Gasteiger partial charge is 0.255 e. The van der Waals surface area contributed by atoms with Gasteiger partial charge in [0.2, 0.25) is 5.91 Å². The molecule has 0 heterocycles. The van der Waals surface area contributed by atoms with Crippen LogP contribution in [0.4, 0.5) is 10.1 Å². The zero-order valence-electron chi connectivity index (χ0n) is 11.5. The molecule has 0 radical (unpaired) electrons. The Morgan fingerprint density at radius 2 is 1.86 bits per heavy atom. The molecule has 0 unspecified atom stereocenters. The fraction of sp³-hybridized carbons (Fsp3) is 0.125. The summed E-state index contributed by atoms with van der Waals surface area (Å²) in [5, 5.41) is 5.23. The average Bonchev–Trinajstić information content (AvgIpc) is 2.49. The second kappa shape index (κ2) is 6.65. The van der Waals surface area contributed by atoms with Gasteiger partial charge in [-0.1, -0.05) is 24.3 Å². The molecule has 0 aliphatic heterocycles. The third-order valence-electron chi connectivity index (χ3n) is 2.98. The minimum atomic E-state index is -0.471. The Bertz CT molecular complexity index is 671. The number of likely N-dealkylation sites (N-methyl/N-ethyl adjacent to an activating group) is 1. The van der Waals surface area contributed by atoms with Crippen molar-refractivity contribution in [3.8, 4) is 0 Å². The number of amides is 2. The highest BCUT2D eigenvalue weighted by molar-refractivity contribution is 6.04. The van der Waals surface area contributed by atoms with Crippen molar-refractivity contribution in [3.63, 3.8) is 0 Å². The number of carbonyl (C=O) groups excluding carboxylic acids is 2. The van der Waals surface area contributed by atoms with E-state index in [9.17, 15) is 14.0 Å². The minimum absolute atomic E-state index is 0.151. The zero-order valence-corrected chi connectivity index (χ0v) is 11.5. The highest BCUT2D eigenvalue weighted by Crippen LogP contribution is 2.17. The van der Waals surface area contributed by atoms with Gasteiger partial charge in [-0.15, -0.1) is 0 Å². The van der Waals surface area contributed by atoms with Crippen molar-refractivity contribution >= 4 is 17.5 Å². The number of hydrogen-bond donors (Lipinski definition) is 2. The van der Waals surface area contributed by atoms with Crippen molar-refractivity contribution in [1.82, 2.24) is 5.32 Å². The Morgan fingerprint density at radius 1 is 1.10 bits per heavy atom. The molecule has 2 amide bonds. The van der Waals surface area contributed by atoms with E-state index in [0.717, 1.165) is 6.07 Å². The van der Waals surface area contributed by atoms with Crippen molar-refractivity contribution in [2.24, 2.45) is 0 Å². The first-order valence-electron chi connectivity index (χ1n) is 6.45. The van der Waals surface area contributed by atoms with Crippen LogP contribution in [-0.2, 0) is 11.2 Å². The number of carbonyl (C=O) groups is 2. The van der Waals surface area contributed by atoms with Gasteiger partial charge in [0.05, 0.1) is 6.42 Å². The van der Waals surface area contributed by atoms with Gasteiger partial charge in [0.25, 0.3) is 5.91 Å². The number of benzene rings is 2. The summed E-state index contributed by atoms with van der Waals surface area (Å²) in [6.45, 7) is 0. The molecule has 4 nitrogen and oxygen atoms in total. The molecule has 0 fully saturated rings. The second-order valence-corrected chi connectivity index (χ2v) is 4.47. The maximum Gasteiger partial charge on any atom is 0.255 e. The van der Waals surface area contributed by atoms with Gasteiger partial charge in [0.1, 0.15) is 5.82 Å². The first-order chi connectivity index (χ1) is 10.1. The number of hydrogen-bond acceptors (Lipinski definition) is 2. The monoisotopic (exact) mass is 286 g/mol. The lowest BCUT2D eigenvalue weighted by atomic mass is 10.1. The number of halogens is 1. The van der Waals surface area contributed by atoms with Crippen LogP contribution in [0.1, 0.15) is 15.9 Å². The summed E-state index contributed by atoms with van der Waals surface area (Å²) in [5.74, 6) is -1.04. The number of rotatable bonds is 4. The molecular weight excluding hydrogens is 271 g/mol. The predicted octanol–water partition coefficient (Wildman–Crippen LogP) is 2.37. The maximum atomic E-state index is 13.1. The molecule has 0 spiro atoms. The lowest BCUT2D eigenvalue weighted by Gasteiger charge is -2.10. The molecule has 0 bridgehead atoms. The van der Waals surface area contributed by atoms with E-state index < -0.39 is 11.7 Å². The van der Waals surface area contributed by atoms with E-state index in [1.807, 2.05) is 0 Å². The van der Waals surface area contributed by atoms with Gasteiger partial charge in [0.15, 0.2) is 0 Å². The lowest BCUT2D eigenvalue weighted by molar-refractivity contribution is -0.119. The van der Waals surface area contributed by atoms with Crippen LogP contribution in [0.25, 0.3) is 0 Å². The van der Waals surface area contributed by atoms with E-state index in [0.29, 0.717) is 11.3 Å². The molecule has 0 aliphatic rings. The van der Waals surface area contributed by atoms with Gasteiger partial charge >= 0.3 is 0 Å². The summed E-state index contributed by atoms with van der Waals surface area (Å²) < 4.78 is 13.1. The second-order valence-electron chi connectivity index (χ2n) is 4.47. The largest absolute Gasteiger partial charge is 0.359 e. The van der Waals surface area contributed by atoms with Gasteiger partial charge in [-0.3, -0.25) is 9.59 Å². The number of nitrogens with one attached hydrogen (secondary N) is 2. The van der Waals surface area contributed by atoms with E-state index in [4.69, 9.17) is 0 Å². The Balaban J connectivity index is 2.19. The first kappa shape index (κ1) is 14.7. The number of anilines is 1. The third-order valence-corrected chi connectivity index (χ3v) is 2.98. The number of para-hydroxylation sites is 1. The topological polar surface area (TPSA) is 58.2 Å². The maximum absolute atomic E-state index is 13.1. The molecule has 0 saturated heterocycles. The molecule has 5 heteroatoms. The summed E-state index contributed by atoms with van der Waals surface area (Å²) in [5.41, 5.74) is 1.46. The molecule has 0 atom stereocenters. The first-order valence-corrected chi connectivity index (χ1v) is 6.45. The van der Waals surface area contributed by atoms with Crippen molar-refractivity contribution in [3.05, 3.63) is 65.5 Å². The summed E-state index contributed by atoms with van der Waals surface area (Å²) in [7, 11) is 1.55. The standard InChI is InChI=1S/C16H15FN2O2/c1-18-15(20)10-11-5-2-3-8-14(11)19-16(21)12-6-4-7-13(17)9-12/h2-9H,10H2,1H3,(H,18,20)(H,19,21). The predicted molar refractivity (Wildman–Crippen MR) is 78.6 cm³/mol. The summed E-state index contributed by atoms with van der Waals surface area (Å²) >= 11 is 0. The molecule has 0 aliphatic carbocycles. The summed E-state index contributed by atoms with van der Waals surface area (Å²) in [6, 6.07) is 12.4. The summed E-state index contributed by atoms with van der Waals surface area (Å²) in [4.78, 5) is 23.6. The minimum Gasteiger partial charge on any atom is -0.359 e. The molecule has 2 N–H and O–H groups in total. The van der Waals surface area contributed by atoms with Gasteiger partial charge in [-0.25, -0.2) is 4.39 Å². The fourth-order valence-corrected chi connectivity index (χ4v) is 1.88. The van der Waals surface area contributed by atoms with Crippen LogP contribution in [0.2, 0.25) is 0 Å². The van der Waals surface area contributed by atoms with Crippen molar-refractivity contribution in [2.45, 2.75) is 6.42 Å². The van der Waals surface area contributed by atoms with E-state index in [-0.39, 0.29) is 17.9 Å². The zero-order chi connectivity index (χ0) is 15.2. The van der Waals surface area contributed by atoms with Crippen LogP contribution in [0.3, 0.4) is 0 Å². The van der Waals surface area contributed by atoms with Gasteiger partial charge in [-0.2, -0.15) is 0 Å². The SMILES string of the molecule is CNC(=O)Cc1ccccc1NC(=O)c1cccc(F)c1. The Morgan fingerprint density at radius 3 is 2.57 bits per heavy atom. The molecule has 108 valence electrons. The fourth-order valence-electron chi connectivity index (χ4n) is 1.88. The molecular formula is C16H15FN2O2. The Kier molecular flexibility index (Phi) is 4.66. The summed E-state index contributed by atoms with van der Waals surface area (Å²) in [6.07, 6.45) is 0.163. The highest BCUT2D eigenvalue weighted by Gasteiger charge is 2.11. The van der Waals surface area contributed by atoms with Crippen molar-refractivity contribution in [1.29, 1.82) is 0 Å². The van der Waals surface area contributed by atoms with E-state index >= 15 is 0 Å². The molecule has 2 aromatic carbocycles. The van der Waals surface area contributed by atoms with Gasteiger partial charge in [-0.05, 0) is 29.8 Å². The molecule has 0 aromatic heterocycles. The van der Waals surface area contributed by atoms with Gasteiger partial charge in [0, 0.05) is 18.3 Å². The molecule has 2 rings (SSSR count). The van der Waals surface area contributed by atoms with Crippen molar-refractivity contribution < 1.29 is 14.0 Å². The van der Waals surface area contributed by atoms with E-state index in [2.05, 4.69) is 10.6 Å². The van der Waals surface area contributed by atoms with Crippen LogP contribution < -0.4 is 10.6 Å². The van der Waals surface area contributed by atoms with Crippen molar-refractivity contribution in [2.75, 3.05) is 12.4 Å². The third kappa shape index (κ3) is 3.89.